The number of nitrogens with one attached hydrogen (secondary N) is 1. The van der Waals surface area contributed by atoms with Gasteiger partial charge in [-0.25, -0.2) is 4.98 Å². The van der Waals surface area contributed by atoms with Crippen LogP contribution >= 0.6 is 11.3 Å². The van der Waals surface area contributed by atoms with E-state index in [-0.39, 0.29) is 11.8 Å². The Morgan fingerprint density at radius 1 is 1.18 bits per heavy atom. The standard InChI is InChI=1S/C25H32N4O3S/c1-2-3-4-9-23(30)29-12-10-19(11-13-29)25-27-21(18-33-25)24(31)26-20-7-5-6-8-22(20)28-14-16-32-17-15-28/h2,5-8,18-19H,1,3-4,9-17H2,(H,26,31). The van der Waals surface area contributed by atoms with Crippen LogP contribution in [-0.4, -0.2) is 61.1 Å². The quantitative estimate of drug-likeness (QED) is 0.462. The maximum absolute atomic E-state index is 12.9. The van der Waals surface area contributed by atoms with Gasteiger partial charge in [0.2, 0.25) is 5.91 Å². The molecular formula is C25H32N4O3S. The highest BCUT2D eigenvalue weighted by Crippen LogP contribution is 2.31. The van der Waals surface area contributed by atoms with Gasteiger partial charge < -0.3 is 19.9 Å². The van der Waals surface area contributed by atoms with Crippen molar-refractivity contribution in [1.82, 2.24) is 9.88 Å². The fourth-order valence-electron chi connectivity index (χ4n) is 4.36. The fraction of sp³-hybridized carbons (Fsp3) is 0.480. The average molecular weight is 469 g/mol. The highest BCUT2D eigenvalue weighted by atomic mass is 32.1. The summed E-state index contributed by atoms with van der Waals surface area (Å²) in [6.45, 7) is 8.22. The number of ether oxygens (including phenoxy) is 1. The molecule has 33 heavy (non-hydrogen) atoms. The number of rotatable bonds is 8. The molecular weight excluding hydrogens is 436 g/mol. The number of piperidine rings is 1. The monoisotopic (exact) mass is 468 g/mol. The summed E-state index contributed by atoms with van der Waals surface area (Å²) < 4.78 is 5.45. The zero-order chi connectivity index (χ0) is 23.0. The first-order chi connectivity index (χ1) is 16.2. The van der Waals surface area contributed by atoms with Crippen molar-refractivity contribution < 1.29 is 14.3 Å². The molecule has 0 unspecified atom stereocenters. The van der Waals surface area contributed by atoms with E-state index >= 15 is 0 Å². The van der Waals surface area contributed by atoms with Crippen LogP contribution in [0.4, 0.5) is 11.4 Å². The molecule has 2 fully saturated rings. The number of carbonyl (C=O) groups excluding carboxylic acids is 2. The van der Waals surface area contributed by atoms with Gasteiger partial charge in [0.25, 0.3) is 5.91 Å². The summed E-state index contributed by atoms with van der Waals surface area (Å²) in [6.07, 6.45) is 5.97. The number of thiazole rings is 1. The number of hydrogen-bond donors (Lipinski definition) is 1. The number of benzene rings is 1. The lowest BCUT2D eigenvalue weighted by atomic mass is 9.97. The lowest BCUT2D eigenvalue weighted by Gasteiger charge is -2.31. The lowest BCUT2D eigenvalue weighted by Crippen LogP contribution is -2.37. The average Bonchev–Trinajstić information content (AvgIpc) is 3.36. The second-order valence-corrected chi connectivity index (χ2v) is 9.37. The van der Waals surface area contributed by atoms with Crippen molar-refractivity contribution in [2.24, 2.45) is 0 Å². The Labute approximate surface area is 199 Å². The number of morpholine rings is 1. The van der Waals surface area contributed by atoms with Crippen LogP contribution in [0.3, 0.4) is 0 Å². The Hall–Kier alpha value is -2.71. The van der Waals surface area contributed by atoms with Crippen LogP contribution in [0.1, 0.15) is 53.5 Å². The molecule has 2 aromatic rings. The van der Waals surface area contributed by atoms with E-state index in [0.29, 0.717) is 31.2 Å². The number of aromatic nitrogens is 1. The summed E-state index contributed by atoms with van der Waals surface area (Å²) in [5.74, 6) is 0.343. The molecule has 1 N–H and O–H groups in total. The van der Waals surface area contributed by atoms with Crippen LogP contribution < -0.4 is 10.2 Å². The van der Waals surface area contributed by atoms with Crippen LogP contribution in [0.25, 0.3) is 0 Å². The van der Waals surface area contributed by atoms with Crippen LogP contribution in [0, 0.1) is 0 Å². The third-order valence-corrected chi connectivity index (χ3v) is 7.26. The molecule has 2 aliphatic heterocycles. The van der Waals surface area contributed by atoms with Gasteiger partial charge >= 0.3 is 0 Å². The number of para-hydroxylation sites is 2. The van der Waals surface area contributed by atoms with Crippen molar-refractivity contribution in [3.05, 3.63) is 53.0 Å². The molecule has 0 bridgehead atoms. The third-order valence-electron chi connectivity index (χ3n) is 6.25. The third kappa shape index (κ3) is 6.00. The Kier molecular flexibility index (Phi) is 8.12. The van der Waals surface area contributed by atoms with Gasteiger partial charge in [0.05, 0.1) is 29.6 Å². The van der Waals surface area contributed by atoms with E-state index < -0.39 is 0 Å². The van der Waals surface area contributed by atoms with Gasteiger partial charge in [-0.05, 0) is 37.8 Å². The molecule has 0 spiro atoms. The second-order valence-electron chi connectivity index (χ2n) is 8.48. The fourth-order valence-corrected chi connectivity index (χ4v) is 5.33. The summed E-state index contributed by atoms with van der Waals surface area (Å²) in [5.41, 5.74) is 2.26. The van der Waals surface area contributed by atoms with Gasteiger partial charge in [-0.3, -0.25) is 9.59 Å². The topological polar surface area (TPSA) is 74.8 Å². The predicted molar refractivity (Wildman–Crippen MR) is 132 cm³/mol. The molecule has 2 aliphatic rings. The van der Waals surface area contributed by atoms with E-state index in [1.807, 2.05) is 40.6 Å². The molecule has 7 nitrogen and oxygen atoms in total. The zero-order valence-electron chi connectivity index (χ0n) is 19.0. The summed E-state index contributed by atoms with van der Waals surface area (Å²) in [7, 11) is 0. The summed E-state index contributed by atoms with van der Waals surface area (Å²) >= 11 is 1.54. The first-order valence-corrected chi connectivity index (χ1v) is 12.6. The van der Waals surface area contributed by atoms with Crippen LogP contribution in [0.5, 0.6) is 0 Å². The molecule has 2 amide bonds. The van der Waals surface area contributed by atoms with Gasteiger partial charge in [0, 0.05) is 43.9 Å². The largest absolute Gasteiger partial charge is 0.378 e. The molecule has 1 aromatic heterocycles. The van der Waals surface area contributed by atoms with Gasteiger partial charge in [0.1, 0.15) is 5.69 Å². The number of anilines is 2. The predicted octanol–water partition coefficient (Wildman–Crippen LogP) is 4.29. The van der Waals surface area contributed by atoms with Gasteiger partial charge in [-0.1, -0.05) is 18.2 Å². The molecule has 8 heteroatoms. The van der Waals surface area contributed by atoms with Crippen LogP contribution in [-0.2, 0) is 9.53 Å². The zero-order valence-corrected chi connectivity index (χ0v) is 19.8. The maximum atomic E-state index is 12.9. The number of hydrogen-bond acceptors (Lipinski definition) is 6. The summed E-state index contributed by atoms with van der Waals surface area (Å²) in [4.78, 5) is 34.1. The van der Waals surface area contributed by atoms with E-state index in [1.165, 1.54) is 0 Å². The minimum absolute atomic E-state index is 0.187. The minimum Gasteiger partial charge on any atom is -0.378 e. The molecule has 0 saturated carbocycles. The molecule has 176 valence electrons. The smallest absolute Gasteiger partial charge is 0.275 e. The maximum Gasteiger partial charge on any atom is 0.275 e. The van der Waals surface area contributed by atoms with E-state index in [2.05, 4.69) is 21.8 Å². The molecule has 3 heterocycles. The summed E-state index contributed by atoms with van der Waals surface area (Å²) in [6, 6.07) is 7.87. The van der Waals surface area contributed by atoms with Crippen molar-refractivity contribution in [2.75, 3.05) is 49.6 Å². The highest BCUT2D eigenvalue weighted by molar-refractivity contribution is 7.10. The molecule has 0 aliphatic carbocycles. The number of amides is 2. The molecule has 0 radical (unpaired) electrons. The van der Waals surface area contributed by atoms with Crippen LogP contribution in [0.15, 0.2) is 42.3 Å². The molecule has 0 atom stereocenters. The molecule has 1 aromatic carbocycles. The van der Waals surface area contributed by atoms with Gasteiger partial charge in [-0.2, -0.15) is 0 Å². The van der Waals surface area contributed by atoms with Crippen molar-refractivity contribution in [2.45, 2.75) is 38.0 Å². The number of nitrogens with zero attached hydrogens (tertiary/aromatic N) is 3. The van der Waals surface area contributed by atoms with E-state index in [9.17, 15) is 9.59 Å². The number of carbonyl (C=O) groups is 2. The Balaban J connectivity index is 1.33. The summed E-state index contributed by atoms with van der Waals surface area (Å²) in [5, 5.41) is 5.88. The van der Waals surface area contributed by atoms with E-state index in [1.54, 1.807) is 11.3 Å². The SMILES string of the molecule is C=CCCCC(=O)N1CCC(c2nc(C(=O)Nc3ccccc3N3CCOCC3)cs2)CC1. The normalized spacial score (nSPS) is 17.1. The Morgan fingerprint density at radius 3 is 2.70 bits per heavy atom. The molecule has 4 rings (SSSR count). The Morgan fingerprint density at radius 2 is 1.94 bits per heavy atom. The van der Waals surface area contributed by atoms with Gasteiger partial charge in [-0.15, -0.1) is 17.9 Å². The van der Waals surface area contributed by atoms with Crippen molar-refractivity contribution in [1.29, 1.82) is 0 Å². The number of allylic oxidation sites excluding steroid dienone is 1. The highest BCUT2D eigenvalue weighted by Gasteiger charge is 2.26. The number of likely N-dealkylation sites (tertiary alicyclic amines) is 1. The van der Waals surface area contributed by atoms with Crippen molar-refractivity contribution in [3.8, 4) is 0 Å². The minimum atomic E-state index is -0.187. The van der Waals surface area contributed by atoms with E-state index in [4.69, 9.17) is 4.74 Å². The molecule has 2 saturated heterocycles. The second kappa shape index (κ2) is 11.4. The number of unbranched alkanes of at least 4 members (excludes halogenated alkanes) is 1. The van der Waals surface area contributed by atoms with Gasteiger partial charge in [0.15, 0.2) is 0 Å². The Bertz CT molecular complexity index is 962. The van der Waals surface area contributed by atoms with Crippen LogP contribution in [0.2, 0.25) is 0 Å². The van der Waals surface area contributed by atoms with Crippen molar-refractivity contribution >= 4 is 34.5 Å². The van der Waals surface area contributed by atoms with E-state index in [0.717, 1.165) is 68.2 Å². The first kappa shape index (κ1) is 23.4. The first-order valence-electron chi connectivity index (χ1n) is 11.7. The lowest BCUT2D eigenvalue weighted by molar-refractivity contribution is -0.132. The van der Waals surface area contributed by atoms with Crippen molar-refractivity contribution in [3.63, 3.8) is 0 Å².